The van der Waals surface area contributed by atoms with Gasteiger partial charge >= 0.3 is 5.97 Å². The van der Waals surface area contributed by atoms with E-state index in [4.69, 9.17) is 9.82 Å². The summed E-state index contributed by atoms with van der Waals surface area (Å²) in [6, 6.07) is 36.0. The summed E-state index contributed by atoms with van der Waals surface area (Å²) < 4.78 is 4.53. The molecule has 3 amide bonds. The zero-order chi connectivity index (χ0) is 38.8. The number of carbonyl (C=O) groups excluding carboxylic acids is 3. The zero-order valence-electron chi connectivity index (χ0n) is 29.6. The lowest BCUT2D eigenvalue weighted by atomic mass is 9.77. The molecule has 8 rings (SSSR count). The first-order valence-electron chi connectivity index (χ1n) is 17.4. The van der Waals surface area contributed by atoms with Crippen LogP contribution < -0.4 is 15.4 Å². The molecule has 3 aliphatic heterocycles. The second-order valence-corrected chi connectivity index (χ2v) is 15.6. The number of carbonyl (C=O) groups is 4. The van der Waals surface area contributed by atoms with Crippen molar-refractivity contribution >= 4 is 75.5 Å². The van der Waals surface area contributed by atoms with Gasteiger partial charge in [-0.3, -0.25) is 23.6 Å². The third kappa shape index (κ3) is 6.65. The van der Waals surface area contributed by atoms with Gasteiger partial charge in [0.2, 0.25) is 0 Å². The summed E-state index contributed by atoms with van der Waals surface area (Å²) in [4.78, 5) is 64.3. The van der Waals surface area contributed by atoms with Gasteiger partial charge in [-0.25, -0.2) is 9.78 Å². The van der Waals surface area contributed by atoms with Crippen molar-refractivity contribution < 1.29 is 29.1 Å². The van der Waals surface area contributed by atoms with E-state index < -0.39 is 34.7 Å². The van der Waals surface area contributed by atoms with Crippen LogP contribution in [0, 0.1) is 0 Å². The molecule has 1 fully saturated rings. The van der Waals surface area contributed by atoms with Gasteiger partial charge in [-0.2, -0.15) is 0 Å². The number of oxime groups is 1. The number of rotatable bonds is 12. The third-order valence-corrected chi connectivity index (χ3v) is 12.5. The lowest BCUT2D eigenvalue weighted by molar-refractivity contribution is -0.150. The fourth-order valence-corrected chi connectivity index (χ4v) is 9.88. The van der Waals surface area contributed by atoms with Crippen LogP contribution in [-0.4, -0.2) is 79.5 Å². The first-order valence-corrected chi connectivity index (χ1v) is 20.1. The first-order chi connectivity index (χ1) is 27.3. The number of nitrogens with one attached hydrogen (secondary N) is 3. The maximum absolute atomic E-state index is 13.9. The summed E-state index contributed by atoms with van der Waals surface area (Å²) >= 11 is 3.64. The van der Waals surface area contributed by atoms with E-state index in [2.05, 4.69) is 20.5 Å². The van der Waals surface area contributed by atoms with Gasteiger partial charge in [0.15, 0.2) is 10.8 Å². The van der Waals surface area contributed by atoms with Crippen molar-refractivity contribution in [1.82, 2.24) is 19.5 Å². The molecule has 4 aromatic carbocycles. The average Bonchev–Trinajstić information content (AvgIpc) is 3.70. The second-order valence-electron chi connectivity index (χ2n) is 12.8. The van der Waals surface area contributed by atoms with Crippen LogP contribution in [0.2, 0.25) is 0 Å². The number of aromatic nitrogens is 1. The summed E-state index contributed by atoms with van der Waals surface area (Å²) in [7, 11) is 1.31. The predicted molar refractivity (Wildman–Crippen MR) is 217 cm³/mol. The number of carboxylic acids is 1. The average molecular weight is 804 g/mol. The molecule has 13 nitrogen and oxygen atoms in total. The molecule has 0 unspecified atom stereocenters. The molecule has 4 N–H and O–H groups in total. The van der Waals surface area contributed by atoms with E-state index >= 15 is 0 Å². The van der Waals surface area contributed by atoms with Crippen LogP contribution in [0.5, 0.6) is 0 Å². The molecule has 0 aliphatic carbocycles. The number of anilines is 2. The minimum atomic E-state index is -1.30. The van der Waals surface area contributed by atoms with Gasteiger partial charge < -0.3 is 25.3 Å². The van der Waals surface area contributed by atoms with Crippen molar-refractivity contribution in [1.29, 1.82) is 0 Å². The van der Waals surface area contributed by atoms with Gasteiger partial charge in [0, 0.05) is 11.1 Å². The molecular weight excluding hydrogens is 771 g/mol. The van der Waals surface area contributed by atoms with Crippen LogP contribution in [0.4, 0.5) is 10.8 Å². The number of nitrogens with zero attached hydrogens (tertiary/aromatic N) is 4. The van der Waals surface area contributed by atoms with E-state index in [1.54, 1.807) is 23.6 Å². The second kappa shape index (κ2) is 15.6. The molecule has 1 saturated heterocycles. The number of amides is 3. The number of hydrogen-bond acceptors (Lipinski definition) is 12. The van der Waals surface area contributed by atoms with E-state index in [1.165, 1.54) is 39.4 Å². The Labute approximate surface area is 334 Å². The highest BCUT2D eigenvalue weighted by molar-refractivity contribution is 8.00. The smallest absolute Gasteiger partial charge is 0.352 e. The van der Waals surface area contributed by atoms with E-state index in [9.17, 15) is 24.3 Å². The van der Waals surface area contributed by atoms with Crippen molar-refractivity contribution in [3.05, 3.63) is 160 Å². The van der Waals surface area contributed by atoms with Crippen LogP contribution in [0.15, 0.2) is 137 Å². The Morgan fingerprint density at radius 1 is 0.929 bits per heavy atom. The Bertz CT molecular complexity index is 2280. The van der Waals surface area contributed by atoms with Crippen molar-refractivity contribution in [2.45, 2.75) is 17.0 Å². The molecule has 56 heavy (non-hydrogen) atoms. The summed E-state index contributed by atoms with van der Waals surface area (Å²) in [5.41, 5.74) is 3.44. The molecule has 0 radical (unpaired) electrons. The molecule has 282 valence electrons. The minimum absolute atomic E-state index is 0.0159. The standard InChI is InChI=1S/C40H33N7O6S3/c1-53-44-31(30-23-55-39(41-30)43-40(25-13-5-2-6-14-25,26-15-7-3-8-16-26)27-17-9-4-10-18-27)34(48)42-32-36(50)47-33(38(51)52)24(22-54-37(32)47)21-46-35(49)28-19-11-12-20-29(28)45-56-46/h2-20,23,32,37,45H,21-22H2,1H3,(H,41,43)(H,42,48)(H,51,52)/b44-31-/t32-,37-/m1/s1. The van der Waals surface area contributed by atoms with Gasteiger partial charge in [0.05, 0.1) is 29.9 Å². The molecule has 3 aliphatic rings. The normalized spacial score (nSPS) is 18.0. The fraction of sp³-hybridized carbons (Fsp3) is 0.150. The largest absolute Gasteiger partial charge is 0.477 e. The maximum atomic E-state index is 13.9. The van der Waals surface area contributed by atoms with Crippen molar-refractivity contribution in [2.24, 2.45) is 5.16 Å². The topological polar surface area (TPSA) is 166 Å². The Kier molecular flexibility index (Phi) is 10.2. The van der Waals surface area contributed by atoms with E-state index in [0.717, 1.165) is 28.8 Å². The van der Waals surface area contributed by atoms with Crippen LogP contribution >= 0.6 is 35.2 Å². The van der Waals surface area contributed by atoms with Crippen molar-refractivity contribution in [3.8, 4) is 0 Å². The number of aliphatic carboxylic acids is 1. The Morgan fingerprint density at radius 2 is 1.54 bits per heavy atom. The summed E-state index contributed by atoms with van der Waals surface area (Å²) in [5.74, 6) is -2.66. The SMILES string of the molecule is CO/N=C(\C(=O)N[C@@H]1C(=O)N2C(C(=O)O)=C(CN3SNc4ccccc4C3=O)CS[C@H]12)c1csc(NC(c2ccccc2)(c2ccccc2)c2ccccc2)n1. The Morgan fingerprint density at radius 3 is 2.14 bits per heavy atom. The van der Waals surface area contributed by atoms with Gasteiger partial charge in [0.25, 0.3) is 17.7 Å². The lowest BCUT2D eigenvalue weighted by Crippen LogP contribution is -2.71. The minimum Gasteiger partial charge on any atom is -0.477 e. The summed E-state index contributed by atoms with van der Waals surface area (Å²) in [5, 5.41) is 22.2. The zero-order valence-corrected chi connectivity index (χ0v) is 32.1. The molecular formula is C40H33N7O6S3. The molecule has 16 heteroatoms. The molecule has 1 aromatic heterocycles. The molecule has 0 spiro atoms. The highest BCUT2D eigenvalue weighted by Crippen LogP contribution is 2.43. The first kappa shape index (κ1) is 36.9. The molecule has 0 bridgehead atoms. The summed E-state index contributed by atoms with van der Waals surface area (Å²) in [6.07, 6.45) is 0. The van der Waals surface area contributed by atoms with E-state index in [-0.39, 0.29) is 35.3 Å². The van der Waals surface area contributed by atoms with E-state index in [0.29, 0.717) is 22.0 Å². The number of thioether (sulfide) groups is 1. The molecule has 5 aromatic rings. The Balaban J connectivity index is 1.02. The number of thiazole rings is 1. The van der Waals surface area contributed by atoms with Crippen LogP contribution in [0.1, 0.15) is 32.7 Å². The van der Waals surface area contributed by atoms with Crippen molar-refractivity contribution in [3.63, 3.8) is 0 Å². The summed E-state index contributed by atoms with van der Waals surface area (Å²) in [6.45, 7) is -0.0159. The monoisotopic (exact) mass is 803 g/mol. The highest BCUT2D eigenvalue weighted by Gasteiger charge is 2.55. The number of para-hydroxylation sites is 1. The van der Waals surface area contributed by atoms with Gasteiger partial charge in [0.1, 0.15) is 35.5 Å². The van der Waals surface area contributed by atoms with Crippen LogP contribution in [0.3, 0.4) is 0 Å². The van der Waals surface area contributed by atoms with Crippen LogP contribution in [0.25, 0.3) is 0 Å². The quantitative estimate of drug-likeness (QED) is 0.0398. The maximum Gasteiger partial charge on any atom is 0.352 e. The molecule has 0 saturated carbocycles. The lowest BCUT2D eigenvalue weighted by Gasteiger charge is -2.49. The number of β-lactam (4-membered cyclic amide) rings is 1. The van der Waals surface area contributed by atoms with E-state index in [1.807, 2.05) is 97.1 Å². The molecule has 4 heterocycles. The Hall–Kier alpha value is -6.10. The van der Waals surface area contributed by atoms with Crippen molar-refractivity contribution in [2.75, 3.05) is 29.4 Å². The number of fused-ring (bicyclic) bond motifs is 2. The fourth-order valence-electron chi connectivity index (χ4n) is 7.01. The number of carboxylic acid groups (broad SMARTS) is 1. The predicted octanol–water partition coefficient (Wildman–Crippen LogP) is 5.77. The van der Waals surface area contributed by atoms with Gasteiger partial charge in [-0.05, 0) is 34.4 Å². The number of benzene rings is 4. The van der Waals surface area contributed by atoms with Gasteiger partial charge in [-0.15, -0.1) is 23.1 Å². The number of hydrogen-bond donors (Lipinski definition) is 4. The van der Waals surface area contributed by atoms with Crippen LogP contribution in [-0.2, 0) is 24.8 Å². The molecule has 2 atom stereocenters. The van der Waals surface area contributed by atoms with Gasteiger partial charge in [-0.1, -0.05) is 108 Å². The third-order valence-electron chi connectivity index (χ3n) is 9.58. The highest BCUT2D eigenvalue weighted by atomic mass is 32.2.